The number of anilines is 1. The molecule has 1 aromatic heterocycles. The quantitative estimate of drug-likeness (QED) is 0.623. The highest BCUT2D eigenvalue weighted by atomic mass is 19.1. The van der Waals surface area contributed by atoms with Crippen LogP contribution in [0, 0.1) is 19.7 Å². The van der Waals surface area contributed by atoms with Gasteiger partial charge >= 0.3 is 5.69 Å². The summed E-state index contributed by atoms with van der Waals surface area (Å²) in [5.74, 6) is -0.994. The van der Waals surface area contributed by atoms with Crippen molar-refractivity contribution in [1.29, 1.82) is 0 Å². The van der Waals surface area contributed by atoms with Crippen LogP contribution in [0.2, 0.25) is 0 Å². The van der Waals surface area contributed by atoms with Crippen molar-refractivity contribution in [3.05, 3.63) is 85.9 Å². The van der Waals surface area contributed by atoms with Gasteiger partial charge in [0.1, 0.15) is 5.82 Å². The van der Waals surface area contributed by atoms with E-state index in [0.717, 1.165) is 20.5 Å². The molecule has 1 saturated heterocycles. The van der Waals surface area contributed by atoms with Crippen molar-refractivity contribution in [2.24, 2.45) is 7.05 Å². The Bertz CT molecular complexity index is 1290. The summed E-state index contributed by atoms with van der Waals surface area (Å²) in [6, 6.07) is 11.4. The molecule has 4 rings (SSSR count). The van der Waals surface area contributed by atoms with E-state index < -0.39 is 23.0 Å². The Balaban J connectivity index is 1.60. The highest BCUT2D eigenvalue weighted by molar-refractivity contribution is 5.92. The molecule has 0 unspecified atom stereocenters. The Labute approximate surface area is 184 Å². The largest absolute Gasteiger partial charge is 0.368 e. The van der Waals surface area contributed by atoms with Gasteiger partial charge in [-0.05, 0) is 55.3 Å². The van der Waals surface area contributed by atoms with Gasteiger partial charge in [-0.15, -0.1) is 0 Å². The maximum atomic E-state index is 13.3. The first-order valence-electron chi connectivity index (χ1n) is 10.3. The van der Waals surface area contributed by atoms with Gasteiger partial charge in [0.2, 0.25) is 5.69 Å². The molecule has 0 N–H and O–H groups in total. The van der Waals surface area contributed by atoms with Crippen molar-refractivity contribution >= 4 is 11.6 Å². The number of carbonyl (C=O) groups is 1. The first kappa shape index (κ1) is 21.5. The molecule has 2 aromatic carbocycles. The number of nitrogens with zero attached hydrogens (tertiary/aromatic N) is 5. The highest BCUT2D eigenvalue weighted by Crippen LogP contribution is 2.23. The lowest BCUT2D eigenvalue weighted by Gasteiger charge is -2.36. The number of benzene rings is 2. The van der Waals surface area contributed by atoms with Crippen LogP contribution in [0.15, 0.2) is 52.1 Å². The third-order valence-corrected chi connectivity index (χ3v) is 5.72. The molecule has 0 radical (unpaired) electrons. The van der Waals surface area contributed by atoms with Gasteiger partial charge in [0.25, 0.3) is 11.5 Å². The molecule has 1 aliphatic heterocycles. The number of piperazine rings is 1. The molecule has 2 heterocycles. The standard InChI is InChI=1S/C23H24FN5O3/c1-15-4-5-16(2)19(14-15)27-10-12-28(13-11-27)22(31)20-21(30)26(3)23(32)29(25-20)18-8-6-17(24)7-9-18/h4-9,14H,10-13H2,1-3H3. The second-order valence-corrected chi connectivity index (χ2v) is 7.95. The van der Waals surface area contributed by atoms with Gasteiger partial charge in [-0.1, -0.05) is 12.1 Å². The van der Waals surface area contributed by atoms with E-state index in [2.05, 4.69) is 35.1 Å². The van der Waals surface area contributed by atoms with E-state index in [4.69, 9.17) is 0 Å². The molecule has 9 heteroatoms. The number of hydrogen-bond donors (Lipinski definition) is 0. The van der Waals surface area contributed by atoms with Crippen LogP contribution in [0.3, 0.4) is 0 Å². The van der Waals surface area contributed by atoms with Gasteiger partial charge in [-0.3, -0.25) is 14.2 Å². The van der Waals surface area contributed by atoms with Crippen LogP contribution >= 0.6 is 0 Å². The number of hydrogen-bond acceptors (Lipinski definition) is 5. The summed E-state index contributed by atoms with van der Waals surface area (Å²) in [7, 11) is 1.29. The summed E-state index contributed by atoms with van der Waals surface area (Å²) in [5, 5.41) is 4.05. The van der Waals surface area contributed by atoms with Gasteiger partial charge in [0.05, 0.1) is 5.69 Å². The molecular formula is C23H24FN5O3. The zero-order valence-corrected chi connectivity index (χ0v) is 18.2. The lowest BCUT2D eigenvalue weighted by atomic mass is 10.1. The van der Waals surface area contributed by atoms with Crippen LogP contribution in [0.25, 0.3) is 5.69 Å². The molecule has 1 amide bonds. The van der Waals surface area contributed by atoms with Crippen molar-refractivity contribution in [3.63, 3.8) is 0 Å². The zero-order valence-electron chi connectivity index (χ0n) is 18.2. The highest BCUT2D eigenvalue weighted by Gasteiger charge is 2.27. The van der Waals surface area contributed by atoms with Gasteiger partial charge in [0, 0.05) is 38.9 Å². The second-order valence-electron chi connectivity index (χ2n) is 7.95. The summed E-state index contributed by atoms with van der Waals surface area (Å²) < 4.78 is 15.1. The molecule has 1 fully saturated rings. The van der Waals surface area contributed by atoms with Crippen LogP contribution in [-0.4, -0.2) is 51.3 Å². The lowest BCUT2D eigenvalue weighted by Crippen LogP contribution is -2.51. The number of rotatable bonds is 3. The van der Waals surface area contributed by atoms with Crippen molar-refractivity contribution in [3.8, 4) is 5.69 Å². The van der Waals surface area contributed by atoms with Crippen molar-refractivity contribution in [1.82, 2.24) is 19.2 Å². The number of halogens is 1. The predicted octanol–water partition coefficient (Wildman–Crippen LogP) is 1.65. The van der Waals surface area contributed by atoms with E-state index in [0.29, 0.717) is 26.2 Å². The minimum absolute atomic E-state index is 0.265. The van der Waals surface area contributed by atoms with E-state index in [1.54, 1.807) is 4.90 Å². The lowest BCUT2D eigenvalue weighted by molar-refractivity contribution is 0.0735. The SMILES string of the molecule is Cc1ccc(C)c(N2CCN(C(=O)c3nn(-c4ccc(F)cc4)c(=O)n(C)c3=O)CC2)c1. The average Bonchev–Trinajstić information content (AvgIpc) is 2.80. The number of aryl methyl sites for hydroxylation is 2. The van der Waals surface area contributed by atoms with E-state index in [1.165, 1.54) is 36.9 Å². The fraction of sp³-hybridized carbons (Fsp3) is 0.304. The molecule has 3 aromatic rings. The molecule has 8 nitrogen and oxygen atoms in total. The Morgan fingerprint density at radius 3 is 2.28 bits per heavy atom. The number of carbonyl (C=O) groups excluding carboxylic acids is 1. The minimum atomic E-state index is -0.754. The minimum Gasteiger partial charge on any atom is -0.368 e. The van der Waals surface area contributed by atoms with E-state index >= 15 is 0 Å². The van der Waals surface area contributed by atoms with E-state index in [9.17, 15) is 18.8 Å². The Morgan fingerprint density at radius 2 is 1.62 bits per heavy atom. The monoisotopic (exact) mass is 437 g/mol. The topological polar surface area (TPSA) is 80.4 Å². The molecular weight excluding hydrogens is 413 g/mol. The maximum Gasteiger partial charge on any atom is 0.351 e. The third kappa shape index (κ3) is 3.93. The fourth-order valence-corrected chi connectivity index (χ4v) is 3.82. The third-order valence-electron chi connectivity index (χ3n) is 5.72. The van der Waals surface area contributed by atoms with Gasteiger partial charge < -0.3 is 9.80 Å². The molecule has 0 bridgehead atoms. The van der Waals surface area contributed by atoms with Crippen molar-refractivity contribution in [2.45, 2.75) is 13.8 Å². The molecule has 0 saturated carbocycles. The molecule has 1 aliphatic rings. The van der Waals surface area contributed by atoms with Crippen LogP contribution < -0.4 is 16.1 Å². The number of amides is 1. The normalized spacial score (nSPS) is 14.0. The summed E-state index contributed by atoms with van der Waals surface area (Å²) in [4.78, 5) is 42.1. The van der Waals surface area contributed by atoms with Crippen LogP contribution in [0.5, 0.6) is 0 Å². The predicted molar refractivity (Wildman–Crippen MR) is 119 cm³/mol. The summed E-state index contributed by atoms with van der Waals surface area (Å²) in [6.45, 7) is 6.18. The molecule has 166 valence electrons. The molecule has 32 heavy (non-hydrogen) atoms. The fourth-order valence-electron chi connectivity index (χ4n) is 3.82. The van der Waals surface area contributed by atoms with E-state index in [-0.39, 0.29) is 11.4 Å². The van der Waals surface area contributed by atoms with Gasteiger partial charge in [0.15, 0.2) is 0 Å². The summed E-state index contributed by atoms with van der Waals surface area (Å²) in [5.41, 5.74) is 1.93. The first-order chi connectivity index (χ1) is 15.3. The van der Waals surface area contributed by atoms with Gasteiger partial charge in [-0.25, -0.2) is 9.18 Å². The second kappa shape index (κ2) is 8.41. The summed E-state index contributed by atoms with van der Waals surface area (Å²) in [6.07, 6.45) is 0. The van der Waals surface area contributed by atoms with E-state index in [1.807, 2.05) is 6.92 Å². The first-order valence-corrected chi connectivity index (χ1v) is 10.3. The zero-order chi connectivity index (χ0) is 23.0. The average molecular weight is 437 g/mol. The Kier molecular flexibility index (Phi) is 5.65. The molecule has 0 spiro atoms. The molecule has 0 atom stereocenters. The summed E-state index contributed by atoms with van der Waals surface area (Å²) >= 11 is 0. The maximum absolute atomic E-state index is 13.3. The Hall–Kier alpha value is -3.75. The van der Waals surface area contributed by atoms with Gasteiger partial charge in [-0.2, -0.15) is 9.78 Å². The van der Waals surface area contributed by atoms with Crippen LogP contribution in [-0.2, 0) is 7.05 Å². The Morgan fingerprint density at radius 1 is 0.969 bits per heavy atom. The van der Waals surface area contributed by atoms with Crippen LogP contribution in [0.1, 0.15) is 21.6 Å². The molecule has 0 aliphatic carbocycles. The van der Waals surface area contributed by atoms with Crippen LogP contribution in [0.4, 0.5) is 10.1 Å². The number of aromatic nitrogens is 3. The van der Waals surface area contributed by atoms with Crippen molar-refractivity contribution in [2.75, 3.05) is 31.1 Å². The smallest absolute Gasteiger partial charge is 0.351 e. The van der Waals surface area contributed by atoms with Crippen molar-refractivity contribution < 1.29 is 9.18 Å².